The lowest BCUT2D eigenvalue weighted by atomic mass is 9.92. The van der Waals surface area contributed by atoms with Gasteiger partial charge in [0.05, 0.1) is 23.7 Å². The van der Waals surface area contributed by atoms with Crippen LogP contribution < -0.4 is 20.7 Å². The number of methoxy groups -OCH3 is 1. The summed E-state index contributed by atoms with van der Waals surface area (Å²) in [5, 5.41) is 19.0. The van der Waals surface area contributed by atoms with Gasteiger partial charge in [-0.15, -0.1) is 0 Å². The fourth-order valence-corrected chi connectivity index (χ4v) is 4.59. The lowest BCUT2D eigenvalue weighted by Crippen LogP contribution is -2.50. The second-order valence-corrected chi connectivity index (χ2v) is 9.42. The van der Waals surface area contributed by atoms with Gasteiger partial charge in [0, 0.05) is 23.9 Å². The van der Waals surface area contributed by atoms with Crippen molar-refractivity contribution in [3.05, 3.63) is 28.9 Å². The molecule has 1 saturated heterocycles. The third-order valence-electron chi connectivity index (χ3n) is 6.41. The number of halogens is 1. The number of fused-ring (bicyclic) bond motifs is 1. The molecule has 180 valence electrons. The molecule has 2 fully saturated rings. The summed E-state index contributed by atoms with van der Waals surface area (Å²) in [6.45, 7) is 0.639. The monoisotopic (exact) mass is 485 g/mol. The fourth-order valence-electron chi connectivity index (χ4n) is 4.33. The Bertz CT molecular complexity index is 1140. The third kappa shape index (κ3) is 5.62. The highest BCUT2D eigenvalue weighted by molar-refractivity contribution is 6.35. The minimum absolute atomic E-state index is 0.0855. The van der Waals surface area contributed by atoms with Crippen molar-refractivity contribution in [3.8, 4) is 11.8 Å². The molecule has 1 aliphatic carbocycles. The molecule has 1 saturated carbocycles. The van der Waals surface area contributed by atoms with Crippen LogP contribution in [0.4, 0.5) is 0 Å². The van der Waals surface area contributed by atoms with E-state index >= 15 is 0 Å². The fraction of sp³-hybridized carbons (Fsp3) is 0.500. The van der Waals surface area contributed by atoms with Gasteiger partial charge in [0.15, 0.2) is 0 Å². The molecule has 3 amide bonds. The number of aromatic nitrogens is 1. The van der Waals surface area contributed by atoms with Crippen LogP contribution >= 0.6 is 11.6 Å². The predicted octanol–water partition coefficient (Wildman–Crippen LogP) is 2.65. The van der Waals surface area contributed by atoms with Crippen molar-refractivity contribution in [2.45, 2.75) is 50.6 Å². The number of rotatable bonds is 9. The van der Waals surface area contributed by atoms with Crippen LogP contribution in [0.25, 0.3) is 10.9 Å². The Balaban J connectivity index is 1.44. The molecule has 1 aromatic carbocycles. The van der Waals surface area contributed by atoms with Gasteiger partial charge in [0.25, 0.3) is 5.91 Å². The highest BCUT2D eigenvalue weighted by atomic mass is 35.5. The molecule has 4 rings (SSSR count). The molecule has 3 atom stereocenters. The summed E-state index contributed by atoms with van der Waals surface area (Å²) in [5.41, 5.74) is 0.876. The van der Waals surface area contributed by atoms with Gasteiger partial charge in [0.1, 0.15) is 23.5 Å². The number of amides is 3. The quantitative estimate of drug-likeness (QED) is 0.433. The van der Waals surface area contributed by atoms with Gasteiger partial charge in [-0.1, -0.05) is 24.4 Å². The normalized spacial score (nSPS) is 19.6. The van der Waals surface area contributed by atoms with E-state index in [0.717, 1.165) is 19.3 Å². The Labute approximate surface area is 202 Å². The Kier molecular flexibility index (Phi) is 7.27. The topological polar surface area (TPSA) is 136 Å². The first-order valence-corrected chi connectivity index (χ1v) is 11.9. The van der Waals surface area contributed by atoms with Gasteiger partial charge in [-0.2, -0.15) is 5.26 Å². The molecular formula is C24H28ClN5O4. The molecule has 2 aromatic rings. The summed E-state index contributed by atoms with van der Waals surface area (Å²) >= 11 is 6.29. The van der Waals surface area contributed by atoms with Crippen molar-refractivity contribution < 1.29 is 19.1 Å². The number of H-pyrrole nitrogens is 1. The van der Waals surface area contributed by atoms with Gasteiger partial charge in [0.2, 0.25) is 11.8 Å². The Morgan fingerprint density at radius 2 is 2.03 bits per heavy atom. The SMILES string of the molecule is COc1cc(Cl)c2[nH]c(C(=O)N[C@@H](CC3CC3)C(=O)N[C@H](C#N)C[C@@H]3CCCNC3=O)cc2c1. The maximum atomic E-state index is 13.1. The number of benzene rings is 1. The first-order chi connectivity index (χ1) is 16.4. The molecule has 34 heavy (non-hydrogen) atoms. The average molecular weight is 486 g/mol. The van der Waals surface area contributed by atoms with Crippen molar-refractivity contribution in [3.63, 3.8) is 0 Å². The van der Waals surface area contributed by atoms with Crippen LogP contribution in [0.5, 0.6) is 5.75 Å². The van der Waals surface area contributed by atoms with Crippen LogP contribution in [0.1, 0.15) is 49.0 Å². The minimum Gasteiger partial charge on any atom is -0.497 e. The van der Waals surface area contributed by atoms with Crippen molar-refractivity contribution in [1.29, 1.82) is 5.26 Å². The summed E-state index contributed by atoms with van der Waals surface area (Å²) in [6, 6.07) is 5.57. The van der Waals surface area contributed by atoms with E-state index in [1.165, 1.54) is 7.11 Å². The number of aromatic amines is 1. The maximum absolute atomic E-state index is 13.1. The molecule has 1 aromatic heterocycles. The molecule has 0 bridgehead atoms. The number of nitriles is 1. The van der Waals surface area contributed by atoms with Crippen molar-refractivity contribution in [2.75, 3.05) is 13.7 Å². The first-order valence-electron chi connectivity index (χ1n) is 11.5. The number of carbonyl (C=O) groups is 3. The zero-order valence-corrected chi connectivity index (χ0v) is 19.7. The Morgan fingerprint density at radius 1 is 1.24 bits per heavy atom. The van der Waals surface area contributed by atoms with Crippen LogP contribution in [0.15, 0.2) is 18.2 Å². The van der Waals surface area contributed by atoms with Crippen molar-refractivity contribution in [1.82, 2.24) is 20.9 Å². The van der Waals surface area contributed by atoms with E-state index in [0.29, 0.717) is 47.0 Å². The second-order valence-electron chi connectivity index (χ2n) is 9.02. The molecule has 2 heterocycles. The molecule has 0 unspecified atom stereocenters. The number of ether oxygens (including phenoxy) is 1. The van der Waals surface area contributed by atoms with Gasteiger partial charge >= 0.3 is 0 Å². The predicted molar refractivity (Wildman–Crippen MR) is 126 cm³/mol. The lowest BCUT2D eigenvalue weighted by Gasteiger charge is -2.25. The van der Waals surface area contributed by atoms with Gasteiger partial charge in [-0.05, 0) is 43.7 Å². The van der Waals surface area contributed by atoms with Crippen molar-refractivity contribution >= 4 is 40.2 Å². The van der Waals surface area contributed by atoms with Crippen LogP contribution in [-0.4, -0.2) is 48.4 Å². The maximum Gasteiger partial charge on any atom is 0.268 e. The Morgan fingerprint density at radius 3 is 2.71 bits per heavy atom. The molecular weight excluding hydrogens is 458 g/mol. The number of hydrogen-bond acceptors (Lipinski definition) is 5. The van der Waals surface area contributed by atoms with E-state index in [2.05, 4.69) is 27.0 Å². The standard InChI is InChI=1S/C24H28ClN5O4/c1-34-17-9-15-10-20(29-21(15)18(25)11-17)24(33)30-19(7-13-4-5-13)23(32)28-16(12-26)8-14-3-2-6-27-22(14)31/h9-11,13-14,16,19,29H,2-8H2,1H3,(H,27,31)(H,28,32)(H,30,33)/t14-,16-,19-/m0/s1. The van der Waals surface area contributed by atoms with Crippen LogP contribution in [0.2, 0.25) is 5.02 Å². The summed E-state index contributed by atoms with van der Waals surface area (Å²) in [4.78, 5) is 41.1. The first kappa shape index (κ1) is 23.9. The number of hydrogen-bond donors (Lipinski definition) is 4. The van der Waals surface area contributed by atoms with Gasteiger partial charge in [-0.3, -0.25) is 14.4 Å². The second kappa shape index (κ2) is 10.3. The van der Waals surface area contributed by atoms with Crippen LogP contribution in [-0.2, 0) is 9.59 Å². The molecule has 2 aliphatic rings. The number of nitrogens with zero attached hydrogens (tertiary/aromatic N) is 1. The Hall–Kier alpha value is -3.25. The highest BCUT2D eigenvalue weighted by Gasteiger charge is 2.33. The van der Waals surface area contributed by atoms with E-state index in [9.17, 15) is 19.6 Å². The minimum atomic E-state index is -0.806. The molecule has 4 N–H and O–H groups in total. The average Bonchev–Trinajstić information content (AvgIpc) is 3.53. The summed E-state index contributed by atoms with van der Waals surface area (Å²) in [6.07, 6.45) is 4.30. The molecule has 0 spiro atoms. The van der Waals surface area contributed by atoms with E-state index < -0.39 is 23.9 Å². The van der Waals surface area contributed by atoms with Crippen LogP contribution in [0.3, 0.4) is 0 Å². The lowest BCUT2D eigenvalue weighted by molar-refractivity contribution is -0.128. The summed E-state index contributed by atoms with van der Waals surface area (Å²) < 4.78 is 5.22. The molecule has 0 radical (unpaired) electrons. The van der Waals surface area contributed by atoms with Crippen LogP contribution in [0, 0.1) is 23.2 Å². The summed E-state index contributed by atoms with van der Waals surface area (Å²) in [7, 11) is 1.54. The molecule has 10 heteroatoms. The van der Waals surface area contributed by atoms with E-state index in [4.69, 9.17) is 16.3 Å². The van der Waals surface area contributed by atoms with E-state index in [1.54, 1.807) is 18.2 Å². The van der Waals surface area contributed by atoms with E-state index in [1.807, 2.05) is 0 Å². The molecule has 9 nitrogen and oxygen atoms in total. The number of carbonyl (C=O) groups excluding carboxylic acids is 3. The van der Waals surface area contributed by atoms with E-state index in [-0.39, 0.29) is 23.9 Å². The summed E-state index contributed by atoms with van der Waals surface area (Å²) in [5.74, 6) is -0.308. The number of nitrogens with one attached hydrogen (secondary N) is 4. The zero-order valence-electron chi connectivity index (χ0n) is 18.9. The van der Waals surface area contributed by atoms with Gasteiger partial charge < -0.3 is 25.7 Å². The zero-order chi connectivity index (χ0) is 24.2. The highest BCUT2D eigenvalue weighted by Crippen LogP contribution is 2.34. The van der Waals surface area contributed by atoms with Crippen molar-refractivity contribution in [2.24, 2.45) is 11.8 Å². The smallest absolute Gasteiger partial charge is 0.268 e. The number of piperidine rings is 1. The third-order valence-corrected chi connectivity index (χ3v) is 6.71. The largest absolute Gasteiger partial charge is 0.497 e. The molecule has 1 aliphatic heterocycles. The van der Waals surface area contributed by atoms with Gasteiger partial charge in [-0.25, -0.2) is 0 Å².